The SMILES string of the molecule is CCCN1C(=O)C1CCCC[n+]1c(C=C(C=C2Oc3ccc(-c4ccccc4)cc3N2CCCS(=O)(=O)[O-])CC)sc2ccc(-c3ccccc3)cc21. The van der Waals surface area contributed by atoms with E-state index in [1.165, 1.54) is 21.3 Å². The Kier molecular flexibility index (Phi) is 11.1. The largest absolute Gasteiger partial charge is 0.748 e. The molecule has 1 fully saturated rings. The van der Waals surface area contributed by atoms with E-state index in [1.54, 1.807) is 11.3 Å². The summed E-state index contributed by atoms with van der Waals surface area (Å²) >= 11 is 1.76. The lowest BCUT2D eigenvalue weighted by molar-refractivity contribution is -0.669. The molecular weight excluding hydrogens is 703 g/mol. The Balaban J connectivity index is 1.21. The molecule has 0 bridgehead atoms. The minimum Gasteiger partial charge on any atom is -0.748 e. The number of carbonyl (C=O) groups excluding carboxylic acids is 1. The van der Waals surface area contributed by atoms with Crippen molar-refractivity contribution in [2.45, 2.75) is 65.0 Å². The molecule has 0 radical (unpaired) electrons. The Bertz CT molecular complexity index is 2270. The minimum absolute atomic E-state index is 0.0811. The van der Waals surface area contributed by atoms with Crippen molar-refractivity contribution in [2.75, 3.05) is 23.7 Å². The first-order chi connectivity index (χ1) is 25.7. The lowest BCUT2D eigenvalue weighted by Gasteiger charge is -2.19. The van der Waals surface area contributed by atoms with Crippen LogP contribution in [0.15, 0.2) is 115 Å². The Labute approximate surface area is 316 Å². The zero-order valence-electron chi connectivity index (χ0n) is 30.2. The number of hydrogen-bond donors (Lipinski definition) is 0. The van der Waals surface area contributed by atoms with Crippen molar-refractivity contribution < 1.29 is 27.1 Å². The molecular formula is C43H45N3O5S2. The van der Waals surface area contributed by atoms with E-state index in [4.69, 9.17) is 4.74 Å². The molecule has 1 unspecified atom stereocenters. The molecule has 1 aromatic heterocycles. The molecule has 0 N–H and O–H groups in total. The molecule has 2 aliphatic heterocycles. The zero-order valence-corrected chi connectivity index (χ0v) is 31.9. The van der Waals surface area contributed by atoms with Gasteiger partial charge in [-0.25, -0.2) is 8.42 Å². The normalized spacial score (nSPS) is 16.4. The monoisotopic (exact) mass is 747 g/mol. The van der Waals surface area contributed by atoms with Gasteiger partial charge in [0, 0.05) is 43.5 Å². The van der Waals surface area contributed by atoms with Crippen LogP contribution in [-0.2, 0) is 21.5 Å². The van der Waals surface area contributed by atoms with Crippen LogP contribution >= 0.6 is 11.3 Å². The van der Waals surface area contributed by atoms with E-state index in [1.807, 2.05) is 52.3 Å². The highest BCUT2D eigenvalue weighted by Gasteiger charge is 2.43. The number of unbranched alkanes of at least 4 members (excludes halogenated alkanes) is 1. The fourth-order valence-corrected chi connectivity index (χ4v) is 8.74. The highest BCUT2D eigenvalue weighted by atomic mass is 32.2. The lowest BCUT2D eigenvalue weighted by atomic mass is 10.0. The number of fused-ring (bicyclic) bond motifs is 2. The molecule has 0 spiro atoms. The average molecular weight is 748 g/mol. The third kappa shape index (κ3) is 8.56. The summed E-state index contributed by atoms with van der Waals surface area (Å²) in [4.78, 5) is 16.2. The number of allylic oxidation sites excluding steroid dienone is 2. The molecule has 2 aliphatic rings. The number of ether oxygens (including phenoxy) is 1. The van der Waals surface area contributed by atoms with E-state index in [0.717, 1.165) is 72.6 Å². The van der Waals surface area contributed by atoms with Crippen LogP contribution in [0.25, 0.3) is 38.5 Å². The van der Waals surface area contributed by atoms with Gasteiger partial charge in [0.05, 0.1) is 15.8 Å². The van der Waals surface area contributed by atoms with Crippen LogP contribution in [0.5, 0.6) is 5.75 Å². The maximum Gasteiger partial charge on any atom is 0.263 e. The van der Waals surface area contributed by atoms with E-state index in [2.05, 4.69) is 85.2 Å². The number of amides is 1. The summed E-state index contributed by atoms with van der Waals surface area (Å²) in [6.07, 6.45) is 8.99. The first kappa shape index (κ1) is 36.6. The number of aromatic nitrogens is 1. The number of aryl methyl sites for hydroxylation is 1. The smallest absolute Gasteiger partial charge is 0.263 e. The second-order valence-corrected chi connectivity index (χ2v) is 16.2. The summed E-state index contributed by atoms with van der Waals surface area (Å²) < 4.78 is 44.7. The second kappa shape index (κ2) is 16.1. The van der Waals surface area contributed by atoms with E-state index >= 15 is 0 Å². The van der Waals surface area contributed by atoms with Crippen molar-refractivity contribution in [3.63, 3.8) is 0 Å². The molecule has 53 heavy (non-hydrogen) atoms. The predicted octanol–water partition coefficient (Wildman–Crippen LogP) is 8.78. The number of carbonyl (C=O) groups is 1. The lowest BCUT2D eigenvalue weighted by Crippen LogP contribution is -2.35. The highest BCUT2D eigenvalue weighted by Crippen LogP contribution is 2.42. The van der Waals surface area contributed by atoms with Crippen LogP contribution in [-0.4, -0.2) is 48.7 Å². The van der Waals surface area contributed by atoms with Crippen LogP contribution in [0.1, 0.15) is 57.4 Å². The summed E-state index contributed by atoms with van der Waals surface area (Å²) in [5, 5.41) is 1.12. The Morgan fingerprint density at radius 1 is 0.868 bits per heavy atom. The van der Waals surface area contributed by atoms with Gasteiger partial charge >= 0.3 is 0 Å². The molecule has 3 heterocycles. The average Bonchev–Trinajstić information content (AvgIpc) is 3.45. The zero-order chi connectivity index (χ0) is 37.0. The minimum atomic E-state index is -4.36. The van der Waals surface area contributed by atoms with E-state index in [0.29, 0.717) is 18.2 Å². The van der Waals surface area contributed by atoms with Crippen molar-refractivity contribution in [3.05, 3.63) is 120 Å². The van der Waals surface area contributed by atoms with Gasteiger partial charge in [-0.1, -0.05) is 98.0 Å². The van der Waals surface area contributed by atoms with Gasteiger partial charge in [-0.3, -0.25) is 4.79 Å². The molecule has 1 atom stereocenters. The van der Waals surface area contributed by atoms with Gasteiger partial charge in [0.15, 0.2) is 12.3 Å². The van der Waals surface area contributed by atoms with Crippen molar-refractivity contribution in [1.82, 2.24) is 4.90 Å². The van der Waals surface area contributed by atoms with E-state index < -0.39 is 15.9 Å². The van der Waals surface area contributed by atoms with Crippen molar-refractivity contribution in [1.29, 1.82) is 0 Å². The van der Waals surface area contributed by atoms with Crippen LogP contribution in [0, 0.1) is 0 Å². The summed E-state index contributed by atoms with van der Waals surface area (Å²) in [6, 6.07) is 33.3. The first-order valence-electron chi connectivity index (χ1n) is 18.6. The number of anilines is 1. The van der Waals surface area contributed by atoms with Crippen molar-refractivity contribution in [2.24, 2.45) is 0 Å². The maximum absolute atomic E-state index is 12.3. The van der Waals surface area contributed by atoms with Gasteiger partial charge in [-0.05, 0) is 78.1 Å². The number of thiazole rings is 1. The standard InChI is InChI=1S/C43H45N3O5S2/c1-3-23-46-36(43(46)47)18-11-12-24-45-38-30-35(33-16-9-6-10-17-33)20-22-40(38)52-42(45)28-31(4-2)27-41-44(25-13-26-53(48,49)50)37-29-34(19-21-39(37)51-41)32-14-7-5-8-15-32/h5-10,14-17,19-22,27-30,36H,3-4,11-13,18,23-26H2,1-2H3. The quantitative estimate of drug-likeness (QED) is 0.0434. The van der Waals surface area contributed by atoms with Gasteiger partial charge in [0.1, 0.15) is 10.7 Å². The molecule has 0 aliphatic carbocycles. The first-order valence-corrected chi connectivity index (χ1v) is 20.9. The van der Waals surface area contributed by atoms with Gasteiger partial charge in [-0.15, -0.1) is 0 Å². The number of benzene rings is 4. The van der Waals surface area contributed by atoms with Crippen LogP contribution < -0.4 is 14.2 Å². The van der Waals surface area contributed by atoms with Crippen molar-refractivity contribution in [3.8, 4) is 28.0 Å². The third-order valence-electron chi connectivity index (χ3n) is 9.93. The molecule has 1 amide bonds. The number of hydrogen-bond acceptors (Lipinski definition) is 7. The van der Waals surface area contributed by atoms with E-state index in [9.17, 15) is 17.8 Å². The summed E-state index contributed by atoms with van der Waals surface area (Å²) in [7, 11) is -4.36. The van der Waals surface area contributed by atoms with Crippen LogP contribution in [0.3, 0.4) is 0 Å². The molecule has 274 valence electrons. The highest BCUT2D eigenvalue weighted by molar-refractivity contribution is 7.85. The molecule has 10 heteroatoms. The number of nitrogens with zero attached hydrogens (tertiary/aromatic N) is 3. The second-order valence-electron chi connectivity index (χ2n) is 13.7. The Morgan fingerprint density at radius 2 is 1.57 bits per heavy atom. The fraction of sp³-hybridized carbons (Fsp3) is 0.302. The summed E-state index contributed by atoms with van der Waals surface area (Å²) in [6.45, 7) is 6.22. The van der Waals surface area contributed by atoms with Gasteiger partial charge < -0.3 is 19.1 Å². The molecule has 5 aromatic rings. The Hall–Kier alpha value is -4.77. The topological polar surface area (TPSA) is 93.6 Å². The van der Waals surface area contributed by atoms with Crippen LogP contribution in [0.2, 0.25) is 0 Å². The Morgan fingerprint density at radius 3 is 2.25 bits per heavy atom. The predicted molar refractivity (Wildman–Crippen MR) is 212 cm³/mol. The fourth-order valence-electron chi connectivity index (χ4n) is 7.11. The molecule has 8 nitrogen and oxygen atoms in total. The third-order valence-corrected chi connectivity index (χ3v) is 11.8. The number of rotatable bonds is 16. The van der Waals surface area contributed by atoms with Crippen molar-refractivity contribution >= 4 is 49.3 Å². The van der Waals surface area contributed by atoms with Gasteiger partial charge in [-0.2, -0.15) is 4.57 Å². The van der Waals surface area contributed by atoms with E-state index in [-0.39, 0.29) is 18.4 Å². The molecule has 1 saturated heterocycles. The van der Waals surface area contributed by atoms with Crippen LogP contribution in [0.4, 0.5) is 5.69 Å². The summed E-state index contributed by atoms with van der Waals surface area (Å²) in [5.74, 6) is 1.13. The van der Waals surface area contributed by atoms with Gasteiger partial charge in [0.2, 0.25) is 17.3 Å². The summed E-state index contributed by atoms with van der Waals surface area (Å²) in [5.41, 5.74) is 7.50. The molecule has 4 aromatic carbocycles. The molecule has 0 saturated carbocycles. The van der Waals surface area contributed by atoms with Gasteiger partial charge in [0.25, 0.3) is 5.01 Å². The maximum atomic E-state index is 12.3. The molecule has 7 rings (SSSR count).